The lowest BCUT2D eigenvalue weighted by Crippen LogP contribution is -2.30. The Hall–Kier alpha value is -1.36. The van der Waals surface area contributed by atoms with Gasteiger partial charge in [-0.1, -0.05) is 18.2 Å². The highest BCUT2D eigenvalue weighted by molar-refractivity contribution is 5.84. The maximum absolute atomic E-state index is 9.22. The Kier molecular flexibility index (Phi) is 4.36. The van der Waals surface area contributed by atoms with Crippen LogP contribution >= 0.6 is 0 Å². The second-order valence-corrected chi connectivity index (χ2v) is 4.56. The Morgan fingerprint density at radius 1 is 1.33 bits per heavy atom. The van der Waals surface area contributed by atoms with Gasteiger partial charge in [-0.2, -0.15) is 0 Å². The first kappa shape index (κ1) is 13.1. The van der Waals surface area contributed by atoms with E-state index in [-0.39, 0.29) is 6.61 Å². The number of benzene rings is 1. The van der Waals surface area contributed by atoms with E-state index in [1.165, 1.54) is 22.2 Å². The first-order valence-corrected chi connectivity index (χ1v) is 6.28. The number of fused-ring (bicyclic) bond motifs is 1. The Morgan fingerprint density at radius 2 is 2.11 bits per heavy atom. The third-order valence-corrected chi connectivity index (χ3v) is 3.17. The second-order valence-electron chi connectivity index (χ2n) is 4.56. The first-order chi connectivity index (χ1) is 8.72. The second kappa shape index (κ2) is 6.00. The molecule has 0 spiro atoms. The van der Waals surface area contributed by atoms with E-state index in [2.05, 4.69) is 29.4 Å². The Labute approximate surface area is 107 Å². The summed E-state index contributed by atoms with van der Waals surface area (Å²) in [5.74, 6) is 0. The zero-order valence-electron chi connectivity index (χ0n) is 10.6. The van der Waals surface area contributed by atoms with Crippen molar-refractivity contribution in [1.82, 2.24) is 10.3 Å². The number of hydrogen-bond donors (Lipinski definition) is 4. The number of H-pyrrole nitrogens is 1. The first-order valence-electron chi connectivity index (χ1n) is 6.28. The molecule has 1 aromatic carbocycles. The zero-order chi connectivity index (χ0) is 13.0. The monoisotopic (exact) mass is 248 g/mol. The maximum Gasteiger partial charge on any atom is 0.0894 e. The van der Waals surface area contributed by atoms with Gasteiger partial charge in [-0.15, -0.1) is 0 Å². The predicted molar refractivity (Wildman–Crippen MR) is 72.7 cm³/mol. The van der Waals surface area contributed by atoms with Crippen LogP contribution in [0.1, 0.15) is 11.3 Å². The van der Waals surface area contributed by atoms with Crippen molar-refractivity contribution in [3.63, 3.8) is 0 Å². The van der Waals surface area contributed by atoms with Crippen molar-refractivity contribution >= 4 is 10.9 Å². The van der Waals surface area contributed by atoms with Crippen molar-refractivity contribution in [3.05, 3.63) is 35.5 Å². The molecule has 0 aliphatic heterocycles. The van der Waals surface area contributed by atoms with Crippen LogP contribution in [0.4, 0.5) is 0 Å². The van der Waals surface area contributed by atoms with Crippen molar-refractivity contribution in [2.24, 2.45) is 0 Å². The van der Waals surface area contributed by atoms with E-state index < -0.39 is 6.10 Å². The molecule has 2 aromatic rings. The molecule has 18 heavy (non-hydrogen) atoms. The fourth-order valence-corrected chi connectivity index (χ4v) is 2.20. The van der Waals surface area contributed by atoms with Gasteiger partial charge in [-0.3, -0.25) is 0 Å². The van der Waals surface area contributed by atoms with Gasteiger partial charge in [0, 0.05) is 23.1 Å². The van der Waals surface area contributed by atoms with Crippen LogP contribution in [0.5, 0.6) is 0 Å². The molecule has 0 saturated heterocycles. The quantitative estimate of drug-likeness (QED) is 0.576. The number of hydrogen-bond acceptors (Lipinski definition) is 3. The smallest absolute Gasteiger partial charge is 0.0894 e. The summed E-state index contributed by atoms with van der Waals surface area (Å²) < 4.78 is 0. The lowest BCUT2D eigenvalue weighted by molar-refractivity contribution is 0.0947. The van der Waals surface area contributed by atoms with Crippen molar-refractivity contribution in [3.8, 4) is 0 Å². The van der Waals surface area contributed by atoms with Gasteiger partial charge in [0.2, 0.25) is 0 Å². The third-order valence-electron chi connectivity index (χ3n) is 3.17. The molecule has 4 heteroatoms. The summed E-state index contributed by atoms with van der Waals surface area (Å²) in [4.78, 5) is 3.37. The molecule has 4 nitrogen and oxygen atoms in total. The number of aromatic nitrogens is 1. The summed E-state index contributed by atoms with van der Waals surface area (Å²) >= 11 is 0. The summed E-state index contributed by atoms with van der Waals surface area (Å²) in [6.07, 6.45) is 0.239. The van der Waals surface area contributed by atoms with Crippen LogP contribution in [0, 0.1) is 6.92 Å². The Bertz CT molecular complexity index is 507. The topological polar surface area (TPSA) is 68.3 Å². The van der Waals surface area contributed by atoms with E-state index in [0.717, 1.165) is 13.0 Å². The normalized spacial score (nSPS) is 13.1. The van der Waals surface area contributed by atoms with Gasteiger partial charge < -0.3 is 20.5 Å². The average molecular weight is 248 g/mol. The highest BCUT2D eigenvalue weighted by atomic mass is 16.3. The Balaban J connectivity index is 1.97. The molecule has 0 aliphatic rings. The van der Waals surface area contributed by atoms with E-state index in [1.807, 2.05) is 12.1 Å². The van der Waals surface area contributed by atoms with Crippen LogP contribution in [0.15, 0.2) is 24.3 Å². The number of aromatic amines is 1. The number of aryl methyl sites for hydroxylation is 1. The van der Waals surface area contributed by atoms with Crippen LogP contribution in [0.25, 0.3) is 10.9 Å². The molecule has 2 rings (SSSR count). The van der Waals surface area contributed by atoms with Crippen LogP contribution in [-0.4, -0.2) is 41.0 Å². The lowest BCUT2D eigenvalue weighted by atomic mass is 10.1. The SMILES string of the molecule is Cc1[nH]c2ccccc2c1CCNCC(O)CO. The largest absolute Gasteiger partial charge is 0.394 e. The fraction of sp³-hybridized carbons (Fsp3) is 0.429. The summed E-state index contributed by atoms with van der Waals surface area (Å²) in [5.41, 5.74) is 3.68. The summed E-state index contributed by atoms with van der Waals surface area (Å²) in [5, 5.41) is 22.3. The van der Waals surface area contributed by atoms with Gasteiger partial charge in [0.05, 0.1) is 12.7 Å². The van der Waals surface area contributed by atoms with Crippen molar-refractivity contribution in [1.29, 1.82) is 0 Å². The summed E-state index contributed by atoms with van der Waals surface area (Å²) in [6.45, 7) is 3.11. The molecule has 98 valence electrons. The molecule has 1 atom stereocenters. The molecule has 4 N–H and O–H groups in total. The van der Waals surface area contributed by atoms with Crippen LogP contribution < -0.4 is 5.32 Å². The molecular formula is C14H20N2O2. The average Bonchev–Trinajstić information content (AvgIpc) is 2.70. The lowest BCUT2D eigenvalue weighted by Gasteiger charge is -2.08. The molecule has 0 bridgehead atoms. The number of rotatable bonds is 6. The van der Waals surface area contributed by atoms with E-state index in [4.69, 9.17) is 5.11 Å². The molecule has 0 amide bonds. The minimum atomic E-state index is -0.672. The van der Waals surface area contributed by atoms with Gasteiger partial charge in [0.25, 0.3) is 0 Å². The Morgan fingerprint density at radius 3 is 2.89 bits per heavy atom. The van der Waals surface area contributed by atoms with Gasteiger partial charge in [0.1, 0.15) is 0 Å². The van der Waals surface area contributed by atoms with Crippen molar-refractivity contribution in [2.75, 3.05) is 19.7 Å². The fourth-order valence-electron chi connectivity index (χ4n) is 2.20. The molecule has 1 unspecified atom stereocenters. The molecular weight excluding hydrogens is 228 g/mol. The van der Waals surface area contributed by atoms with Gasteiger partial charge in [0.15, 0.2) is 0 Å². The van der Waals surface area contributed by atoms with Crippen molar-refractivity contribution in [2.45, 2.75) is 19.4 Å². The minimum Gasteiger partial charge on any atom is -0.394 e. The molecule has 0 fully saturated rings. The highest BCUT2D eigenvalue weighted by Gasteiger charge is 2.07. The molecule has 0 aliphatic carbocycles. The van der Waals surface area contributed by atoms with Crippen LogP contribution in [0.3, 0.4) is 0 Å². The van der Waals surface area contributed by atoms with E-state index >= 15 is 0 Å². The predicted octanol–water partition coefficient (Wildman–Crippen LogP) is 0.962. The van der Waals surface area contributed by atoms with Gasteiger partial charge >= 0.3 is 0 Å². The molecule has 1 heterocycles. The molecule has 1 aromatic heterocycles. The maximum atomic E-state index is 9.22. The summed E-state index contributed by atoms with van der Waals surface area (Å²) in [6, 6.07) is 8.27. The van der Waals surface area contributed by atoms with E-state index in [1.54, 1.807) is 0 Å². The van der Waals surface area contributed by atoms with E-state index in [9.17, 15) is 5.11 Å². The minimum absolute atomic E-state index is 0.195. The van der Waals surface area contributed by atoms with Gasteiger partial charge in [-0.05, 0) is 31.5 Å². The standard InChI is InChI=1S/C14H20N2O2/c1-10-12(6-7-15-8-11(18)9-17)13-4-2-3-5-14(13)16-10/h2-5,11,15-18H,6-9H2,1H3. The van der Waals surface area contributed by atoms with Crippen LogP contribution in [-0.2, 0) is 6.42 Å². The number of para-hydroxylation sites is 1. The summed E-state index contributed by atoms with van der Waals surface area (Å²) in [7, 11) is 0. The molecule has 0 saturated carbocycles. The van der Waals surface area contributed by atoms with E-state index in [0.29, 0.717) is 6.54 Å². The number of aliphatic hydroxyl groups excluding tert-OH is 2. The van der Waals surface area contributed by atoms with Crippen LogP contribution in [0.2, 0.25) is 0 Å². The number of nitrogens with one attached hydrogen (secondary N) is 2. The highest BCUT2D eigenvalue weighted by Crippen LogP contribution is 2.21. The zero-order valence-corrected chi connectivity index (χ0v) is 10.6. The van der Waals surface area contributed by atoms with Gasteiger partial charge in [-0.25, -0.2) is 0 Å². The molecule has 0 radical (unpaired) electrons. The number of aliphatic hydroxyl groups is 2. The van der Waals surface area contributed by atoms with Crippen molar-refractivity contribution < 1.29 is 10.2 Å². The third kappa shape index (κ3) is 2.90.